The summed E-state index contributed by atoms with van der Waals surface area (Å²) in [5, 5.41) is 2.01. The van der Waals surface area contributed by atoms with Gasteiger partial charge in [0, 0.05) is 37.1 Å². The number of carbonyl (C=O) groups is 1. The number of fused-ring (bicyclic) bond motifs is 1. The molecule has 0 radical (unpaired) electrons. The van der Waals surface area contributed by atoms with E-state index < -0.39 is 0 Å². The van der Waals surface area contributed by atoms with Gasteiger partial charge in [0.1, 0.15) is 5.75 Å². The topological polar surface area (TPSA) is 54.9 Å². The number of carbonyl (C=O) groups excluding carboxylic acids is 1. The van der Waals surface area contributed by atoms with Crippen LogP contribution in [0.3, 0.4) is 0 Å². The van der Waals surface area contributed by atoms with Crippen molar-refractivity contribution in [1.29, 1.82) is 0 Å². The van der Waals surface area contributed by atoms with Crippen LogP contribution in [0.4, 0.5) is 5.69 Å². The summed E-state index contributed by atoms with van der Waals surface area (Å²) >= 11 is 1.56. The van der Waals surface area contributed by atoms with Gasteiger partial charge in [0.05, 0.1) is 30.1 Å². The number of hydrogen-bond acceptors (Lipinski definition) is 6. The van der Waals surface area contributed by atoms with Crippen molar-refractivity contribution in [3.05, 3.63) is 29.1 Å². The number of aromatic nitrogens is 1. The van der Waals surface area contributed by atoms with E-state index in [1.807, 2.05) is 34.0 Å². The standard InChI is InChI=1S/C17H19N3O3S/c21-17-10-23-16-2-1-13(14-11-24-12-18-14)9-15(16)20(17)4-3-19-5-7-22-8-6-19/h1-2,9,11-12H,3-8,10H2. The summed E-state index contributed by atoms with van der Waals surface area (Å²) in [5.74, 6) is 0.766. The SMILES string of the molecule is O=C1COc2ccc(-c3cscn3)cc2N1CCN1CCOCC1. The molecular weight excluding hydrogens is 326 g/mol. The van der Waals surface area contributed by atoms with Crippen LogP contribution in [-0.2, 0) is 9.53 Å². The van der Waals surface area contributed by atoms with Gasteiger partial charge in [0.25, 0.3) is 5.91 Å². The van der Waals surface area contributed by atoms with Gasteiger partial charge in [0.15, 0.2) is 6.61 Å². The van der Waals surface area contributed by atoms with Crippen molar-refractivity contribution in [3.63, 3.8) is 0 Å². The van der Waals surface area contributed by atoms with E-state index in [4.69, 9.17) is 9.47 Å². The summed E-state index contributed by atoms with van der Waals surface area (Å²) in [6, 6.07) is 5.92. The summed E-state index contributed by atoms with van der Waals surface area (Å²) in [4.78, 5) is 20.9. The molecule has 24 heavy (non-hydrogen) atoms. The minimum absolute atomic E-state index is 0.00573. The number of ether oxygens (including phenoxy) is 2. The fourth-order valence-electron chi connectivity index (χ4n) is 3.03. The molecule has 0 aliphatic carbocycles. The minimum Gasteiger partial charge on any atom is -0.482 e. The first kappa shape index (κ1) is 15.6. The highest BCUT2D eigenvalue weighted by molar-refractivity contribution is 7.07. The second kappa shape index (κ2) is 6.88. The third-order valence-electron chi connectivity index (χ3n) is 4.37. The molecule has 6 nitrogen and oxygen atoms in total. The molecule has 0 unspecified atom stereocenters. The van der Waals surface area contributed by atoms with Gasteiger partial charge >= 0.3 is 0 Å². The average molecular weight is 345 g/mol. The van der Waals surface area contributed by atoms with E-state index in [-0.39, 0.29) is 12.5 Å². The molecule has 0 saturated carbocycles. The maximum absolute atomic E-state index is 12.4. The van der Waals surface area contributed by atoms with Crippen molar-refractivity contribution >= 4 is 22.9 Å². The molecule has 0 N–H and O–H groups in total. The molecule has 0 spiro atoms. The second-order valence-electron chi connectivity index (χ2n) is 5.84. The Morgan fingerprint density at radius 1 is 1.21 bits per heavy atom. The molecule has 7 heteroatoms. The Balaban J connectivity index is 1.56. The quantitative estimate of drug-likeness (QED) is 0.847. The van der Waals surface area contributed by atoms with Gasteiger partial charge in [-0.05, 0) is 18.2 Å². The zero-order valence-corrected chi connectivity index (χ0v) is 14.1. The molecule has 2 aromatic rings. The fourth-order valence-corrected chi connectivity index (χ4v) is 3.59. The number of thiazole rings is 1. The molecule has 1 aromatic carbocycles. The maximum atomic E-state index is 12.4. The Hall–Kier alpha value is -1.96. The Morgan fingerprint density at radius 2 is 2.08 bits per heavy atom. The van der Waals surface area contributed by atoms with Crippen LogP contribution in [0.2, 0.25) is 0 Å². The summed E-state index contributed by atoms with van der Waals surface area (Å²) < 4.78 is 11.0. The van der Waals surface area contributed by atoms with Crippen molar-refractivity contribution in [2.45, 2.75) is 0 Å². The normalized spacial score (nSPS) is 18.3. The molecule has 2 aliphatic heterocycles. The van der Waals surface area contributed by atoms with Gasteiger partial charge in [0.2, 0.25) is 0 Å². The highest BCUT2D eigenvalue weighted by Crippen LogP contribution is 2.35. The molecule has 126 valence electrons. The predicted octanol–water partition coefficient (Wildman–Crippen LogP) is 1.87. The molecule has 4 rings (SSSR count). The van der Waals surface area contributed by atoms with Crippen LogP contribution >= 0.6 is 11.3 Å². The molecule has 3 heterocycles. The highest BCUT2D eigenvalue weighted by Gasteiger charge is 2.26. The monoisotopic (exact) mass is 345 g/mol. The van der Waals surface area contributed by atoms with E-state index in [9.17, 15) is 4.79 Å². The number of morpholine rings is 1. The zero-order chi connectivity index (χ0) is 16.4. The van der Waals surface area contributed by atoms with Crippen LogP contribution < -0.4 is 9.64 Å². The van der Waals surface area contributed by atoms with Gasteiger partial charge in [-0.25, -0.2) is 4.98 Å². The van der Waals surface area contributed by atoms with Gasteiger partial charge in [-0.2, -0.15) is 0 Å². The van der Waals surface area contributed by atoms with Gasteiger partial charge < -0.3 is 14.4 Å². The number of rotatable bonds is 4. The second-order valence-corrected chi connectivity index (χ2v) is 6.56. The lowest BCUT2D eigenvalue weighted by molar-refractivity contribution is -0.121. The van der Waals surface area contributed by atoms with Crippen molar-refractivity contribution in [1.82, 2.24) is 9.88 Å². The lowest BCUT2D eigenvalue weighted by atomic mass is 10.1. The number of benzene rings is 1. The lowest BCUT2D eigenvalue weighted by Crippen LogP contribution is -2.45. The van der Waals surface area contributed by atoms with Gasteiger partial charge in [-0.15, -0.1) is 11.3 Å². The number of anilines is 1. The van der Waals surface area contributed by atoms with Crippen LogP contribution in [0, 0.1) is 0 Å². The number of hydrogen-bond donors (Lipinski definition) is 0. The first-order valence-electron chi connectivity index (χ1n) is 8.07. The Bertz CT molecular complexity index is 714. The molecular formula is C17H19N3O3S. The van der Waals surface area contributed by atoms with Crippen molar-refractivity contribution < 1.29 is 14.3 Å². The summed E-state index contributed by atoms with van der Waals surface area (Å²) in [7, 11) is 0. The number of nitrogens with zero attached hydrogens (tertiary/aromatic N) is 3. The molecule has 1 amide bonds. The molecule has 1 saturated heterocycles. The van der Waals surface area contributed by atoms with E-state index in [0.717, 1.165) is 55.5 Å². The van der Waals surface area contributed by atoms with Crippen LogP contribution in [-0.4, -0.2) is 61.8 Å². The Labute approximate surface area is 144 Å². The highest BCUT2D eigenvalue weighted by atomic mass is 32.1. The average Bonchev–Trinajstić information content (AvgIpc) is 3.16. The minimum atomic E-state index is 0.00573. The molecule has 1 aromatic heterocycles. The van der Waals surface area contributed by atoms with E-state index >= 15 is 0 Å². The first-order chi connectivity index (χ1) is 11.8. The third kappa shape index (κ3) is 3.15. The van der Waals surface area contributed by atoms with Crippen molar-refractivity contribution in [2.75, 3.05) is 50.9 Å². The first-order valence-corrected chi connectivity index (χ1v) is 9.01. The maximum Gasteiger partial charge on any atom is 0.265 e. The molecule has 0 bridgehead atoms. The van der Waals surface area contributed by atoms with Crippen LogP contribution in [0.25, 0.3) is 11.3 Å². The smallest absolute Gasteiger partial charge is 0.265 e. The van der Waals surface area contributed by atoms with Crippen LogP contribution in [0.5, 0.6) is 5.75 Å². The fraction of sp³-hybridized carbons (Fsp3) is 0.412. The largest absolute Gasteiger partial charge is 0.482 e. The van der Waals surface area contributed by atoms with Gasteiger partial charge in [-0.3, -0.25) is 9.69 Å². The van der Waals surface area contributed by atoms with E-state index in [2.05, 4.69) is 9.88 Å². The molecule has 2 aliphatic rings. The summed E-state index contributed by atoms with van der Waals surface area (Å²) in [6.07, 6.45) is 0. The summed E-state index contributed by atoms with van der Waals surface area (Å²) in [6.45, 7) is 4.98. The van der Waals surface area contributed by atoms with Crippen LogP contribution in [0.15, 0.2) is 29.1 Å². The molecule has 1 fully saturated rings. The van der Waals surface area contributed by atoms with Crippen molar-refractivity contribution in [3.8, 4) is 17.0 Å². The summed E-state index contributed by atoms with van der Waals surface area (Å²) in [5.41, 5.74) is 4.58. The lowest BCUT2D eigenvalue weighted by Gasteiger charge is -2.33. The number of amides is 1. The Kier molecular flexibility index (Phi) is 4.46. The predicted molar refractivity (Wildman–Crippen MR) is 92.7 cm³/mol. The van der Waals surface area contributed by atoms with E-state index in [0.29, 0.717) is 6.54 Å². The molecule has 0 atom stereocenters. The van der Waals surface area contributed by atoms with Crippen molar-refractivity contribution in [2.24, 2.45) is 0 Å². The van der Waals surface area contributed by atoms with Crippen LogP contribution in [0.1, 0.15) is 0 Å². The zero-order valence-electron chi connectivity index (χ0n) is 13.3. The third-order valence-corrected chi connectivity index (χ3v) is 4.96. The van der Waals surface area contributed by atoms with E-state index in [1.165, 1.54) is 0 Å². The Morgan fingerprint density at radius 3 is 2.88 bits per heavy atom. The van der Waals surface area contributed by atoms with E-state index in [1.54, 1.807) is 11.3 Å². The van der Waals surface area contributed by atoms with Gasteiger partial charge in [-0.1, -0.05) is 0 Å².